The van der Waals surface area contributed by atoms with Gasteiger partial charge in [0, 0.05) is 13.2 Å². The van der Waals surface area contributed by atoms with Crippen LogP contribution in [0.5, 0.6) is 0 Å². The molecule has 1 atom stereocenters. The second-order valence-corrected chi connectivity index (χ2v) is 4.91. The van der Waals surface area contributed by atoms with Crippen LogP contribution in [0, 0.1) is 0 Å². The number of hydrogen-bond acceptors (Lipinski definition) is 5. The molecule has 0 fully saturated rings. The van der Waals surface area contributed by atoms with Gasteiger partial charge in [-0.3, -0.25) is 14.7 Å². The predicted molar refractivity (Wildman–Crippen MR) is 81.1 cm³/mol. The van der Waals surface area contributed by atoms with Crippen molar-refractivity contribution in [1.82, 2.24) is 4.90 Å². The molecule has 1 unspecified atom stereocenters. The van der Waals surface area contributed by atoms with E-state index in [1.165, 1.54) is 0 Å². The van der Waals surface area contributed by atoms with E-state index in [0.717, 1.165) is 19.3 Å². The van der Waals surface area contributed by atoms with Gasteiger partial charge in [0.05, 0.1) is 6.67 Å². The van der Waals surface area contributed by atoms with Crippen LogP contribution in [0.1, 0.15) is 46.0 Å². The molecule has 0 aliphatic carbocycles. The second-order valence-electron chi connectivity index (χ2n) is 4.91. The average Bonchev–Trinajstić information content (AvgIpc) is 2.46. The number of carbonyl (C=O) groups is 1. The van der Waals surface area contributed by atoms with Gasteiger partial charge in [-0.25, -0.2) is 0 Å². The normalized spacial score (nSPS) is 13.4. The van der Waals surface area contributed by atoms with Gasteiger partial charge in [-0.1, -0.05) is 31.9 Å². The van der Waals surface area contributed by atoms with Gasteiger partial charge in [-0.05, 0) is 32.1 Å². The van der Waals surface area contributed by atoms with Crippen molar-refractivity contribution >= 4 is 11.9 Å². The monoisotopic (exact) mass is 322 g/mol. The van der Waals surface area contributed by atoms with E-state index in [9.17, 15) is 9.90 Å². The average molecular weight is 322 g/mol. The van der Waals surface area contributed by atoms with Crippen molar-refractivity contribution in [3.63, 3.8) is 0 Å². The summed E-state index contributed by atoms with van der Waals surface area (Å²) in [4.78, 5) is 16.4. The molecule has 0 bridgehead atoms. The van der Waals surface area contributed by atoms with E-state index < -0.39 is 12.0 Å². The van der Waals surface area contributed by atoms with Crippen molar-refractivity contribution in [2.75, 3.05) is 19.8 Å². The summed E-state index contributed by atoms with van der Waals surface area (Å²) >= 11 is 0. The van der Waals surface area contributed by atoms with Gasteiger partial charge in [0.25, 0.3) is 0 Å². The summed E-state index contributed by atoms with van der Waals surface area (Å²) in [7, 11) is 0. The summed E-state index contributed by atoms with van der Waals surface area (Å²) in [5.74, 6) is -1.22. The van der Waals surface area contributed by atoms with Crippen LogP contribution in [-0.2, 0) is 4.79 Å². The summed E-state index contributed by atoms with van der Waals surface area (Å²) in [6.45, 7) is 4.09. The molecule has 7 heteroatoms. The number of aliphatic hydroxyl groups is 1. The van der Waals surface area contributed by atoms with Crippen LogP contribution in [0.4, 0.5) is 0 Å². The number of rotatable bonds is 12. The fourth-order valence-corrected chi connectivity index (χ4v) is 1.68. The Bertz CT molecular complexity index is 348. The van der Waals surface area contributed by atoms with Crippen molar-refractivity contribution in [2.24, 2.45) is 4.99 Å². The van der Waals surface area contributed by atoms with E-state index in [0.29, 0.717) is 13.0 Å². The smallest absolute Gasteiger partial charge is 0.862 e. The molecular weight excluding hydrogens is 295 g/mol. The van der Waals surface area contributed by atoms with Crippen LogP contribution in [-0.4, -0.2) is 52.8 Å². The van der Waals surface area contributed by atoms with Gasteiger partial charge >= 0.3 is 35.5 Å². The third-order valence-electron chi connectivity index (χ3n) is 3.12. The third-order valence-corrected chi connectivity index (χ3v) is 3.12. The fraction of sp³-hybridized carbons (Fsp3) is 0.733. The third kappa shape index (κ3) is 12.2. The molecule has 0 spiro atoms. The van der Waals surface area contributed by atoms with E-state index in [1.807, 2.05) is 6.08 Å². The second kappa shape index (κ2) is 15.5. The van der Waals surface area contributed by atoms with Gasteiger partial charge in [0.2, 0.25) is 0 Å². The van der Waals surface area contributed by atoms with E-state index in [1.54, 1.807) is 17.9 Å². The zero-order chi connectivity index (χ0) is 16.1. The summed E-state index contributed by atoms with van der Waals surface area (Å²) < 4.78 is 0. The van der Waals surface area contributed by atoms with Crippen LogP contribution in [0.15, 0.2) is 17.1 Å². The van der Waals surface area contributed by atoms with Crippen LogP contribution < -0.4 is 34.7 Å². The van der Waals surface area contributed by atoms with Gasteiger partial charge in [0.15, 0.2) is 0 Å². The molecule has 0 heterocycles. The largest absolute Gasteiger partial charge is 1.00 e. The van der Waals surface area contributed by atoms with Crippen molar-refractivity contribution < 1.29 is 49.7 Å². The van der Waals surface area contributed by atoms with Crippen LogP contribution in [0.2, 0.25) is 0 Å². The van der Waals surface area contributed by atoms with E-state index >= 15 is 0 Å². The standard InChI is InChI=1S/C15H28N2O4.Na/c1-3-4-5-6-7-9-14(19)16-12-17(10-8-11-18)13(2)15(20)21;/h6-7,13,18H,3-5,8-12H2,1-2H3,(H,16,19)(H,20,21);/q;+1/p-1/b7-6+;. The van der Waals surface area contributed by atoms with Gasteiger partial charge in [-0.2, -0.15) is 0 Å². The van der Waals surface area contributed by atoms with Gasteiger partial charge in [-0.15, -0.1) is 0 Å². The van der Waals surface area contributed by atoms with Crippen LogP contribution in [0.25, 0.3) is 0 Å². The van der Waals surface area contributed by atoms with E-state index in [-0.39, 0.29) is 55.2 Å². The van der Waals surface area contributed by atoms with Crippen molar-refractivity contribution in [3.05, 3.63) is 12.2 Å². The first-order valence-corrected chi connectivity index (χ1v) is 7.46. The maximum absolute atomic E-state index is 11.6. The number of allylic oxidation sites excluding steroid dienone is 1. The summed E-state index contributed by atoms with van der Waals surface area (Å²) in [6, 6.07) is -0.729. The van der Waals surface area contributed by atoms with Crippen molar-refractivity contribution in [3.8, 4) is 0 Å². The topological polar surface area (TPSA) is 96.2 Å². The molecule has 0 rings (SSSR count). The van der Waals surface area contributed by atoms with Crippen molar-refractivity contribution in [2.45, 2.75) is 52.0 Å². The molecule has 0 aliphatic heterocycles. The number of hydrogen-bond donors (Lipinski definition) is 2. The molecule has 0 aliphatic rings. The Balaban J connectivity index is 0. The quantitative estimate of drug-likeness (QED) is 0.142. The number of carboxylic acids is 1. The molecule has 122 valence electrons. The molecule has 2 N–H and O–H groups in total. The Labute approximate surface area is 155 Å². The SMILES string of the molecule is CCCC/C=C/CC([O-])=NCN(CCCO)C(C)C(=O)O.[Na+]. The first kappa shape index (κ1) is 23.9. The minimum Gasteiger partial charge on any atom is -0.862 e. The molecule has 0 saturated carbocycles. The summed E-state index contributed by atoms with van der Waals surface area (Å²) in [6.07, 6.45) is 7.67. The molecule has 0 aromatic carbocycles. The van der Waals surface area contributed by atoms with E-state index in [4.69, 9.17) is 10.2 Å². The number of aliphatic imine (C=N–C) groups is 1. The van der Waals surface area contributed by atoms with Crippen LogP contribution in [0.3, 0.4) is 0 Å². The molecule has 0 saturated heterocycles. The minimum atomic E-state index is -0.963. The zero-order valence-electron chi connectivity index (χ0n) is 14.0. The number of aliphatic carboxylic acids is 1. The maximum atomic E-state index is 11.6. The number of nitrogens with zero attached hydrogens (tertiary/aromatic N) is 2. The maximum Gasteiger partial charge on any atom is 1.00 e. The number of aliphatic hydroxyl groups excluding tert-OH is 1. The molecule has 22 heavy (non-hydrogen) atoms. The first-order chi connectivity index (χ1) is 10.0. The zero-order valence-corrected chi connectivity index (χ0v) is 16.0. The molecule has 0 amide bonds. The Morgan fingerprint density at radius 1 is 1.36 bits per heavy atom. The molecule has 0 radical (unpaired) electrons. The predicted octanol–water partition coefficient (Wildman–Crippen LogP) is -2.00. The first-order valence-electron chi connectivity index (χ1n) is 7.46. The van der Waals surface area contributed by atoms with E-state index in [2.05, 4.69) is 11.9 Å². The molecule has 0 aromatic rings. The molecule has 6 nitrogen and oxygen atoms in total. The molecule has 0 aromatic heterocycles. The Hall–Kier alpha value is -0.400. The Morgan fingerprint density at radius 2 is 2.05 bits per heavy atom. The summed E-state index contributed by atoms with van der Waals surface area (Å²) in [5, 5.41) is 29.4. The van der Waals surface area contributed by atoms with Crippen LogP contribution >= 0.6 is 0 Å². The number of unbranched alkanes of at least 4 members (excludes halogenated alkanes) is 2. The minimum absolute atomic E-state index is 0. The summed E-state index contributed by atoms with van der Waals surface area (Å²) in [5.41, 5.74) is 0. The van der Waals surface area contributed by atoms with Gasteiger partial charge in [0.1, 0.15) is 6.04 Å². The number of carboxylic acid groups (broad SMARTS) is 1. The van der Waals surface area contributed by atoms with Gasteiger partial charge < -0.3 is 15.3 Å². The fourth-order valence-electron chi connectivity index (χ4n) is 1.68. The Kier molecular flexibility index (Phi) is 16.8. The van der Waals surface area contributed by atoms with Crippen molar-refractivity contribution in [1.29, 1.82) is 0 Å². The Morgan fingerprint density at radius 3 is 2.59 bits per heavy atom. The molecular formula is C15H27N2NaO4.